The molecule has 2 rings (SSSR count). The lowest BCUT2D eigenvalue weighted by atomic mass is 10.0. The Kier molecular flexibility index (Phi) is 4.40. The van der Waals surface area contributed by atoms with Gasteiger partial charge in [-0.2, -0.15) is 0 Å². The van der Waals surface area contributed by atoms with E-state index in [-0.39, 0.29) is 5.75 Å². The summed E-state index contributed by atoms with van der Waals surface area (Å²) in [6.45, 7) is 0. The van der Waals surface area contributed by atoms with Crippen LogP contribution in [0.5, 0.6) is 0 Å². The van der Waals surface area contributed by atoms with Gasteiger partial charge < -0.3 is 5.11 Å². The average molecular weight is 268 g/mol. The summed E-state index contributed by atoms with van der Waals surface area (Å²) in [5, 5.41) is 9.55. The van der Waals surface area contributed by atoms with Gasteiger partial charge in [0.1, 0.15) is 0 Å². The fourth-order valence-electron chi connectivity index (χ4n) is 2.56. The second-order valence-corrected chi connectivity index (χ2v) is 7.33. The van der Waals surface area contributed by atoms with Crippen LogP contribution in [0.3, 0.4) is 0 Å². The zero-order chi connectivity index (χ0) is 13.0. The van der Waals surface area contributed by atoms with E-state index in [2.05, 4.69) is 0 Å². The maximum absolute atomic E-state index is 11.9. The zero-order valence-corrected chi connectivity index (χ0v) is 11.3. The first kappa shape index (κ1) is 13.6. The molecule has 0 amide bonds. The lowest BCUT2D eigenvalue weighted by molar-refractivity contribution is 0.152. The molecule has 2 unspecified atom stereocenters. The van der Waals surface area contributed by atoms with Gasteiger partial charge in [0.25, 0.3) is 0 Å². The largest absolute Gasteiger partial charge is 0.392 e. The third-order valence-corrected chi connectivity index (χ3v) is 5.96. The molecule has 1 N–H and O–H groups in total. The molecule has 1 heterocycles. The summed E-state index contributed by atoms with van der Waals surface area (Å²) in [7, 11) is -3.08. The lowest BCUT2D eigenvalue weighted by Crippen LogP contribution is -2.38. The SMILES string of the molecule is O=S1(=O)CCCCC1C(O)CCc1ccccc1. The Labute approximate surface area is 109 Å². The highest BCUT2D eigenvalue weighted by atomic mass is 32.2. The van der Waals surface area contributed by atoms with E-state index in [1.807, 2.05) is 30.3 Å². The number of benzene rings is 1. The summed E-state index contributed by atoms with van der Waals surface area (Å²) in [6, 6.07) is 9.87. The number of hydrogen-bond donors (Lipinski definition) is 1. The highest BCUT2D eigenvalue weighted by molar-refractivity contribution is 7.92. The van der Waals surface area contributed by atoms with Gasteiger partial charge >= 0.3 is 0 Å². The van der Waals surface area contributed by atoms with E-state index in [1.165, 1.54) is 0 Å². The zero-order valence-electron chi connectivity index (χ0n) is 10.5. The molecule has 2 atom stereocenters. The van der Waals surface area contributed by atoms with Crippen LogP contribution in [-0.4, -0.2) is 30.6 Å². The van der Waals surface area contributed by atoms with Gasteiger partial charge in [0.05, 0.1) is 17.1 Å². The van der Waals surface area contributed by atoms with Crippen molar-refractivity contribution in [2.24, 2.45) is 0 Å². The predicted molar refractivity (Wildman–Crippen MR) is 72.2 cm³/mol. The summed E-state index contributed by atoms with van der Waals surface area (Å²) in [5.41, 5.74) is 1.14. The van der Waals surface area contributed by atoms with Gasteiger partial charge in [0.2, 0.25) is 0 Å². The maximum atomic E-state index is 11.9. The van der Waals surface area contributed by atoms with E-state index < -0.39 is 21.2 Å². The highest BCUT2D eigenvalue weighted by Gasteiger charge is 2.34. The molecule has 0 bridgehead atoms. The van der Waals surface area contributed by atoms with Gasteiger partial charge in [-0.25, -0.2) is 8.42 Å². The molecule has 100 valence electrons. The van der Waals surface area contributed by atoms with Crippen LogP contribution in [-0.2, 0) is 16.3 Å². The molecule has 0 saturated carbocycles. The van der Waals surface area contributed by atoms with Crippen LogP contribution in [0, 0.1) is 0 Å². The van der Waals surface area contributed by atoms with E-state index >= 15 is 0 Å². The van der Waals surface area contributed by atoms with Gasteiger partial charge in [-0.3, -0.25) is 0 Å². The Bertz CT molecular complexity index is 467. The molecule has 0 aromatic heterocycles. The molecule has 1 aliphatic rings. The summed E-state index contributed by atoms with van der Waals surface area (Å²) < 4.78 is 23.7. The quantitative estimate of drug-likeness (QED) is 0.908. The summed E-state index contributed by atoms with van der Waals surface area (Å²) in [5.74, 6) is 0.236. The first-order valence-electron chi connectivity index (χ1n) is 6.53. The molecule has 4 heteroatoms. The van der Waals surface area contributed by atoms with Crippen molar-refractivity contribution in [2.75, 3.05) is 5.75 Å². The molecular formula is C14H20O3S. The summed E-state index contributed by atoms with van der Waals surface area (Å²) in [6.07, 6.45) is 2.78. The van der Waals surface area contributed by atoms with Crippen LogP contribution in [0.1, 0.15) is 31.2 Å². The Morgan fingerprint density at radius 2 is 1.94 bits per heavy atom. The van der Waals surface area contributed by atoms with E-state index in [0.29, 0.717) is 12.8 Å². The van der Waals surface area contributed by atoms with Crippen molar-refractivity contribution >= 4 is 9.84 Å². The fourth-order valence-corrected chi connectivity index (χ4v) is 4.61. The minimum absolute atomic E-state index is 0.236. The third-order valence-electron chi connectivity index (χ3n) is 3.63. The second-order valence-electron chi connectivity index (χ2n) is 4.99. The van der Waals surface area contributed by atoms with Crippen LogP contribution in [0.4, 0.5) is 0 Å². The molecule has 18 heavy (non-hydrogen) atoms. The van der Waals surface area contributed by atoms with Crippen molar-refractivity contribution < 1.29 is 13.5 Å². The predicted octanol–water partition coefficient (Wildman–Crippen LogP) is 1.95. The summed E-state index contributed by atoms with van der Waals surface area (Å²) >= 11 is 0. The molecule has 1 aromatic carbocycles. The Hall–Kier alpha value is -0.870. The van der Waals surface area contributed by atoms with Crippen molar-refractivity contribution in [3.63, 3.8) is 0 Å². The minimum atomic E-state index is -3.08. The monoisotopic (exact) mass is 268 g/mol. The lowest BCUT2D eigenvalue weighted by Gasteiger charge is -2.26. The van der Waals surface area contributed by atoms with Gasteiger partial charge in [-0.15, -0.1) is 0 Å². The van der Waals surface area contributed by atoms with Crippen LogP contribution in [0.15, 0.2) is 30.3 Å². The van der Waals surface area contributed by atoms with Gasteiger partial charge in [0.15, 0.2) is 9.84 Å². The Morgan fingerprint density at radius 3 is 2.61 bits per heavy atom. The van der Waals surface area contributed by atoms with E-state index in [4.69, 9.17) is 0 Å². The van der Waals surface area contributed by atoms with Crippen LogP contribution >= 0.6 is 0 Å². The third kappa shape index (κ3) is 3.33. The second kappa shape index (κ2) is 5.85. The Morgan fingerprint density at radius 1 is 1.22 bits per heavy atom. The standard InChI is InChI=1S/C14H20O3S/c15-13(10-9-12-6-2-1-3-7-12)14-8-4-5-11-18(14,16)17/h1-3,6-7,13-15H,4-5,8-11H2. The van der Waals surface area contributed by atoms with Crippen LogP contribution in [0.25, 0.3) is 0 Å². The number of hydrogen-bond acceptors (Lipinski definition) is 3. The van der Waals surface area contributed by atoms with Crippen molar-refractivity contribution in [3.8, 4) is 0 Å². The molecule has 0 spiro atoms. The molecule has 3 nitrogen and oxygen atoms in total. The number of rotatable bonds is 4. The van der Waals surface area contributed by atoms with Gasteiger partial charge in [-0.1, -0.05) is 36.8 Å². The minimum Gasteiger partial charge on any atom is -0.392 e. The van der Waals surface area contributed by atoms with E-state index in [9.17, 15) is 13.5 Å². The smallest absolute Gasteiger partial charge is 0.155 e. The molecule has 1 saturated heterocycles. The van der Waals surface area contributed by atoms with E-state index in [0.717, 1.165) is 24.8 Å². The van der Waals surface area contributed by atoms with Gasteiger partial charge in [0, 0.05) is 0 Å². The van der Waals surface area contributed by atoms with Crippen molar-refractivity contribution in [1.82, 2.24) is 0 Å². The molecule has 1 fully saturated rings. The van der Waals surface area contributed by atoms with Crippen LogP contribution in [0.2, 0.25) is 0 Å². The maximum Gasteiger partial charge on any atom is 0.155 e. The van der Waals surface area contributed by atoms with E-state index in [1.54, 1.807) is 0 Å². The molecular weight excluding hydrogens is 248 g/mol. The van der Waals surface area contributed by atoms with Gasteiger partial charge in [-0.05, 0) is 31.2 Å². The van der Waals surface area contributed by atoms with Crippen molar-refractivity contribution in [1.29, 1.82) is 0 Å². The molecule has 1 aliphatic heterocycles. The Balaban J connectivity index is 1.93. The highest BCUT2D eigenvalue weighted by Crippen LogP contribution is 2.24. The number of aliphatic hydroxyl groups is 1. The fraction of sp³-hybridized carbons (Fsp3) is 0.571. The normalized spacial score (nSPS) is 24.6. The molecule has 0 aliphatic carbocycles. The first-order valence-corrected chi connectivity index (χ1v) is 8.25. The summed E-state index contributed by atoms with van der Waals surface area (Å²) in [4.78, 5) is 0. The van der Waals surface area contributed by atoms with Crippen molar-refractivity contribution in [3.05, 3.63) is 35.9 Å². The molecule has 0 radical (unpaired) electrons. The van der Waals surface area contributed by atoms with Crippen molar-refractivity contribution in [2.45, 2.75) is 43.5 Å². The number of sulfone groups is 1. The number of aliphatic hydroxyl groups excluding tert-OH is 1. The number of aryl methyl sites for hydroxylation is 1. The topological polar surface area (TPSA) is 54.4 Å². The van der Waals surface area contributed by atoms with Crippen LogP contribution < -0.4 is 0 Å². The average Bonchev–Trinajstić information content (AvgIpc) is 2.37. The first-order chi connectivity index (χ1) is 8.59. The molecule has 1 aromatic rings.